The van der Waals surface area contributed by atoms with Crippen LogP contribution in [0.25, 0.3) is 10.8 Å². The maximum atomic E-state index is 5.67. The molecule has 6 heteroatoms. The van der Waals surface area contributed by atoms with E-state index in [-0.39, 0.29) is 0 Å². The van der Waals surface area contributed by atoms with Gasteiger partial charge < -0.3 is 14.5 Å². The molecule has 1 fully saturated rings. The van der Waals surface area contributed by atoms with Gasteiger partial charge in [-0.3, -0.25) is 0 Å². The first-order valence-corrected chi connectivity index (χ1v) is 7.42. The van der Waals surface area contributed by atoms with Gasteiger partial charge in [-0.15, -0.1) is 21.5 Å². The molecule has 102 valence electrons. The van der Waals surface area contributed by atoms with Crippen LogP contribution in [0.2, 0.25) is 0 Å². The number of aromatic nitrogens is 2. The molecule has 2 aromatic rings. The van der Waals surface area contributed by atoms with Gasteiger partial charge in [0.05, 0.1) is 7.11 Å². The van der Waals surface area contributed by atoms with Gasteiger partial charge in [-0.05, 0) is 37.3 Å². The third kappa shape index (κ3) is 3.13. The van der Waals surface area contributed by atoms with Crippen molar-refractivity contribution < 1.29 is 9.15 Å². The van der Waals surface area contributed by atoms with Crippen LogP contribution >= 0.6 is 11.3 Å². The van der Waals surface area contributed by atoms with Crippen LogP contribution in [0.1, 0.15) is 25.2 Å². The zero-order valence-electron chi connectivity index (χ0n) is 10.9. The lowest BCUT2D eigenvalue weighted by atomic mass is 10.3. The molecule has 0 bridgehead atoms. The fourth-order valence-electron chi connectivity index (χ4n) is 1.89. The van der Waals surface area contributed by atoms with E-state index in [9.17, 15) is 0 Å². The second-order valence-corrected chi connectivity index (χ2v) is 5.57. The highest BCUT2D eigenvalue weighted by molar-refractivity contribution is 7.13. The number of aryl methyl sites for hydroxylation is 1. The van der Waals surface area contributed by atoms with Crippen LogP contribution < -0.4 is 10.1 Å². The highest BCUT2D eigenvalue weighted by atomic mass is 32.1. The summed E-state index contributed by atoms with van der Waals surface area (Å²) in [6.07, 6.45) is 4.49. The molecule has 0 spiro atoms. The number of thiophene rings is 1. The minimum atomic E-state index is 0.553. The minimum Gasteiger partial charge on any atom is -0.495 e. The van der Waals surface area contributed by atoms with E-state index >= 15 is 0 Å². The number of nitrogens with one attached hydrogen (secondary N) is 1. The van der Waals surface area contributed by atoms with Crippen LogP contribution in [0.3, 0.4) is 0 Å². The van der Waals surface area contributed by atoms with E-state index < -0.39 is 0 Å². The van der Waals surface area contributed by atoms with Crippen LogP contribution in [-0.4, -0.2) is 29.9 Å². The van der Waals surface area contributed by atoms with Gasteiger partial charge in [0.1, 0.15) is 10.6 Å². The number of rotatable bonds is 7. The number of hydrogen-bond acceptors (Lipinski definition) is 6. The number of hydrogen-bond donors (Lipinski definition) is 1. The highest BCUT2D eigenvalue weighted by Gasteiger charge is 2.20. The Morgan fingerprint density at radius 2 is 2.37 bits per heavy atom. The Labute approximate surface area is 116 Å². The molecular weight excluding hydrogens is 262 g/mol. The van der Waals surface area contributed by atoms with Crippen LogP contribution in [0.15, 0.2) is 15.9 Å². The van der Waals surface area contributed by atoms with E-state index in [1.54, 1.807) is 18.4 Å². The van der Waals surface area contributed by atoms with Crippen molar-refractivity contribution in [3.63, 3.8) is 0 Å². The lowest BCUT2D eigenvalue weighted by Gasteiger charge is -1.99. The maximum Gasteiger partial charge on any atom is 0.261 e. The Morgan fingerprint density at radius 1 is 1.47 bits per heavy atom. The van der Waals surface area contributed by atoms with Gasteiger partial charge in [0.15, 0.2) is 0 Å². The quantitative estimate of drug-likeness (QED) is 0.789. The lowest BCUT2D eigenvalue weighted by Crippen LogP contribution is -2.17. The summed E-state index contributed by atoms with van der Waals surface area (Å²) in [5.74, 6) is 2.04. The topological polar surface area (TPSA) is 60.2 Å². The van der Waals surface area contributed by atoms with E-state index in [2.05, 4.69) is 15.5 Å². The van der Waals surface area contributed by atoms with Gasteiger partial charge in [0, 0.05) is 12.5 Å². The number of ether oxygens (including phenoxy) is 1. The molecule has 0 aliphatic heterocycles. The molecule has 0 saturated heterocycles. The van der Waals surface area contributed by atoms with Crippen molar-refractivity contribution in [2.24, 2.45) is 0 Å². The Kier molecular flexibility index (Phi) is 3.79. The van der Waals surface area contributed by atoms with Crippen molar-refractivity contribution >= 4 is 11.3 Å². The number of methoxy groups -OCH3 is 1. The van der Waals surface area contributed by atoms with Crippen LogP contribution in [-0.2, 0) is 6.42 Å². The van der Waals surface area contributed by atoms with Crippen LogP contribution in [0.4, 0.5) is 0 Å². The molecule has 0 atom stereocenters. The monoisotopic (exact) mass is 279 g/mol. The van der Waals surface area contributed by atoms with Gasteiger partial charge in [0.2, 0.25) is 5.89 Å². The Bertz CT molecular complexity index is 533. The molecule has 1 N–H and O–H groups in total. The molecule has 1 aliphatic rings. The Hall–Kier alpha value is -1.40. The molecule has 19 heavy (non-hydrogen) atoms. The molecule has 3 rings (SSSR count). The molecular formula is C13H17N3O2S. The predicted molar refractivity (Wildman–Crippen MR) is 73.5 cm³/mol. The maximum absolute atomic E-state index is 5.67. The van der Waals surface area contributed by atoms with Crippen molar-refractivity contribution in [1.29, 1.82) is 0 Å². The summed E-state index contributed by atoms with van der Waals surface area (Å²) in [7, 11) is 1.65. The van der Waals surface area contributed by atoms with Gasteiger partial charge in [-0.1, -0.05) is 0 Å². The smallest absolute Gasteiger partial charge is 0.261 e. The normalized spacial score (nSPS) is 14.8. The summed E-state index contributed by atoms with van der Waals surface area (Å²) in [4.78, 5) is 0.900. The van der Waals surface area contributed by atoms with Gasteiger partial charge >= 0.3 is 0 Å². The first-order chi connectivity index (χ1) is 9.36. The first kappa shape index (κ1) is 12.6. The molecule has 1 saturated carbocycles. The van der Waals surface area contributed by atoms with E-state index in [1.807, 2.05) is 11.4 Å². The zero-order valence-corrected chi connectivity index (χ0v) is 11.7. The summed E-state index contributed by atoms with van der Waals surface area (Å²) >= 11 is 1.55. The van der Waals surface area contributed by atoms with Crippen LogP contribution in [0.5, 0.6) is 5.75 Å². The average Bonchev–Trinajstić information content (AvgIpc) is 2.94. The number of nitrogens with zero attached hydrogens (tertiary/aromatic N) is 2. The fraction of sp³-hybridized carbons (Fsp3) is 0.538. The lowest BCUT2D eigenvalue weighted by molar-refractivity contribution is 0.415. The zero-order chi connectivity index (χ0) is 13.1. The first-order valence-electron chi connectivity index (χ1n) is 6.54. The summed E-state index contributed by atoms with van der Waals surface area (Å²) < 4.78 is 10.9. The summed E-state index contributed by atoms with van der Waals surface area (Å²) in [6.45, 7) is 1.02. The molecule has 5 nitrogen and oxygen atoms in total. The highest BCUT2D eigenvalue weighted by Crippen LogP contribution is 2.34. The van der Waals surface area contributed by atoms with Gasteiger partial charge in [-0.2, -0.15) is 0 Å². The molecule has 2 aromatic heterocycles. The largest absolute Gasteiger partial charge is 0.495 e. The van der Waals surface area contributed by atoms with Crippen molar-refractivity contribution in [2.75, 3.05) is 13.7 Å². The van der Waals surface area contributed by atoms with E-state index in [1.165, 1.54) is 12.8 Å². The second-order valence-electron chi connectivity index (χ2n) is 4.65. The third-order valence-electron chi connectivity index (χ3n) is 3.09. The third-order valence-corrected chi connectivity index (χ3v) is 3.97. The van der Waals surface area contributed by atoms with Crippen molar-refractivity contribution in [3.8, 4) is 16.5 Å². The molecule has 0 aromatic carbocycles. The van der Waals surface area contributed by atoms with Gasteiger partial charge in [0.25, 0.3) is 5.89 Å². The summed E-state index contributed by atoms with van der Waals surface area (Å²) in [5, 5.41) is 13.6. The predicted octanol–water partition coefficient (Wildman–Crippen LogP) is 2.49. The van der Waals surface area contributed by atoms with E-state index in [0.717, 1.165) is 36.1 Å². The average molecular weight is 279 g/mol. The van der Waals surface area contributed by atoms with Crippen molar-refractivity contribution in [2.45, 2.75) is 31.7 Å². The standard InChI is InChI=1S/C13H17N3O2S/c1-17-10-6-8-19-12(10)13-16-15-11(18-13)3-2-7-14-9-4-5-9/h6,8-9,14H,2-5,7H2,1H3. The Morgan fingerprint density at radius 3 is 3.16 bits per heavy atom. The second kappa shape index (κ2) is 5.71. The Balaban J connectivity index is 1.56. The summed E-state index contributed by atoms with van der Waals surface area (Å²) in [5.41, 5.74) is 0. The van der Waals surface area contributed by atoms with Crippen LogP contribution in [0, 0.1) is 0 Å². The molecule has 0 unspecified atom stereocenters. The molecule has 1 aliphatic carbocycles. The van der Waals surface area contributed by atoms with Crippen molar-refractivity contribution in [1.82, 2.24) is 15.5 Å². The molecule has 0 amide bonds. The van der Waals surface area contributed by atoms with E-state index in [4.69, 9.17) is 9.15 Å². The fourth-order valence-corrected chi connectivity index (χ4v) is 2.67. The SMILES string of the molecule is COc1ccsc1-c1nnc(CCCNC2CC2)o1. The summed E-state index contributed by atoms with van der Waals surface area (Å²) in [6, 6.07) is 2.66. The van der Waals surface area contributed by atoms with Gasteiger partial charge in [-0.25, -0.2) is 0 Å². The molecule has 2 heterocycles. The van der Waals surface area contributed by atoms with E-state index in [0.29, 0.717) is 11.8 Å². The van der Waals surface area contributed by atoms with Crippen molar-refractivity contribution in [3.05, 3.63) is 17.3 Å². The molecule has 0 radical (unpaired) electrons. The minimum absolute atomic E-state index is 0.553.